The van der Waals surface area contributed by atoms with Crippen LogP contribution in [0.15, 0.2) is 60.8 Å². The number of hydrogen-bond acceptors (Lipinski definition) is 4. The van der Waals surface area contributed by atoms with Crippen LogP contribution in [0.25, 0.3) is 5.69 Å². The number of nitrogens with zero attached hydrogens (tertiary/aromatic N) is 2. The first-order valence-corrected chi connectivity index (χ1v) is 7.17. The maximum Gasteiger partial charge on any atom is 0.341 e. The standard InChI is InChI=1S/C18H16N2O3/c1-23-18(22)16-12-19-20(14-7-3-2-4-8-14)17(16)11-13-6-5-9-15(21)10-13/h2-10,12,21H,11H2,1H3. The normalized spacial score (nSPS) is 10.5. The maximum absolute atomic E-state index is 12.0. The van der Waals surface area contributed by atoms with Gasteiger partial charge in [0.15, 0.2) is 0 Å². The third-order valence-electron chi connectivity index (χ3n) is 3.56. The van der Waals surface area contributed by atoms with Gasteiger partial charge in [-0.1, -0.05) is 30.3 Å². The molecular weight excluding hydrogens is 292 g/mol. The molecule has 0 atom stereocenters. The van der Waals surface area contributed by atoms with Crippen LogP contribution in [0.2, 0.25) is 0 Å². The second kappa shape index (κ2) is 6.36. The molecule has 0 aliphatic heterocycles. The third kappa shape index (κ3) is 3.08. The van der Waals surface area contributed by atoms with Crippen LogP contribution in [-0.4, -0.2) is 28.0 Å². The molecule has 23 heavy (non-hydrogen) atoms. The molecule has 3 aromatic rings. The van der Waals surface area contributed by atoms with Crippen LogP contribution in [-0.2, 0) is 11.2 Å². The number of phenols is 1. The van der Waals surface area contributed by atoms with E-state index in [9.17, 15) is 9.90 Å². The van der Waals surface area contributed by atoms with Crippen LogP contribution < -0.4 is 0 Å². The Hall–Kier alpha value is -3.08. The zero-order chi connectivity index (χ0) is 16.2. The Morgan fingerprint density at radius 3 is 2.65 bits per heavy atom. The number of aromatic hydroxyl groups is 1. The number of rotatable bonds is 4. The molecule has 5 heteroatoms. The van der Waals surface area contributed by atoms with Gasteiger partial charge in [-0.2, -0.15) is 5.10 Å². The molecule has 0 aliphatic rings. The van der Waals surface area contributed by atoms with E-state index in [1.165, 1.54) is 13.3 Å². The second-order valence-electron chi connectivity index (χ2n) is 5.09. The van der Waals surface area contributed by atoms with Gasteiger partial charge in [-0.15, -0.1) is 0 Å². The van der Waals surface area contributed by atoms with Crippen LogP contribution >= 0.6 is 0 Å². The Balaban J connectivity index is 2.08. The van der Waals surface area contributed by atoms with E-state index in [4.69, 9.17) is 4.74 Å². The van der Waals surface area contributed by atoms with Gasteiger partial charge >= 0.3 is 5.97 Å². The van der Waals surface area contributed by atoms with Crippen molar-refractivity contribution in [1.82, 2.24) is 9.78 Å². The summed E-state index contributed by atoms with van der Waals surface area (Å²) in [6.07, 6.45) is 1.96. The highest BCUT2D eigenvalue weighted by molar-refractivity contribution is 5.90. The lowest BCUT2D eigenvalue weighted by Gasteiger charge is -2.10. The average molecular weight is 308 g/mol. The van der Waals surface area contributed by atoms with Crippen molar-refractivity contribution >= 4 is 5.97 Å². The van der Waals surface area contributed by atoms with Gasteiger partial charge in [-0.3, -0.25) is 0 Å². The number of benzene rings is 2. The summed E-state index contributed by atoms with van der Waals surface area (Å²) in [6.45, 7) is 0. The van der Waals surface area contributed by atoms with Crippen LogP contribution in [0.3, 0.4) is 0 Å². The molecule has 0 bridgehead atoms. The van der Waals surface area contributed by atoms with Crippen molar-refractivity contribution in [2.45, 2.75) is 6.42 Å². The molecule has 1 aromatic heterocycles. The largest absolute Gasteiger partial charge is 0.508 e. The van der Waals surface area contributed by atoms with E-state index >= 15 is 0 Å². The summed E-state index contributed by atoms with van der Waals surface area (Å²) in [7, 11) is 1.35. The number of ether oxygens (including phenoxy) is 1. The van der Waals surface area contributed by atoms with Crippen molar-refractivity contribution in [2.24, 2.45) is 0 Å². The van der Waals surface area contributed by atoms with Crippen LogP contribution in [0.1, 0.15) is 21.6 Å². The number of para-hydroxylation sites is 1. The predicted octanol–water partition coefficient (Wildman–Crippen LogP) is 2.96. The minimum atomic E-state index is -0.428. The molecule has 0 saturated carbocycles. The molecule has 0 aliphatic carbocycles. The summed E-state index contributed by atoms with van der Waals surface area (Å²) in [5.41, 5.74) is 2.87. The van der Waals surface area contributed by atoms with Crippen LogP contribution in [0, 0.1) is 0 Å². The Bertz CT molecular complexity index is 825. The Morgan fingerprint density at radius 2 is 1.96 bits per heavy atom. The smallest absolute Gasteiger partial charge is 0.341 e. The van der Waals surface area contributed by atoms with Crippen molar-refractivity contribution in [2.75, 3.05) is 7.11 Å². The van der Waals surface area contributed by atoms with Crippen molar-refractivity contribution in [3.05, 3.63) is 77.6 Å². The molecular formula is C18H16N2O3. The number of phenolic OH excluding ortho intramolecular Hbond substituents is 1. The van der Waals surface area contributed by atoms with Gasteiger partial charge in [0.2, 0.25) is 0 Å². The average Bonchev–Trinajstić information content (AvgIpc) is 2.98. The fourth-order valence-corrected chi connectivity index (χ4v) is 2.48. The quantitative estimate of drug-likeness (QED) is 0.753. The molecule has 0 fully saturated rings. The maximum atomic E-state index is 12.0. The zero-order valence-electron chi connectivity index (χ0n) is 12.6. The van der Waals surface area contributed by atoms with E-state index in [-0.39, 0.29) is 5.75 Å². The summed E-state index contributed by atoms with van der Waals surface area (Å²) < 4.78 is 6.56. The molecule has 0 unspecified atom stereocenters. The fourth-order valence-electron chi connectivity index (χ4n) is 2.48. The number of carbonyl (C=O) groups excluding carboxylic acids is 1. The molecule has 5 nitrogen and oxygen atoms in total. The number of aromatic nitrogens is 2. The van der Waals surface area contributed by atoms with E-state index in [0.29, 0.717) is 17.7 Å². The molecule has 1 heterocycles. The van der Waals surface area contributed by atoms with Crippen molar-refractivity contribution in [3.63, 3.8) is 0 Å². The van der Waals surface area contributed by atoms with Gasteiger partial charge in [0.1, 0.15) is 11.3 Å². The number of carbonyl (C=O) groups is 1. The minimum absolute atomic E-state index is 0.188. The first-order chi connectivity index (χ1) is 11.2. The summed E-state index contributed by atoms with van der Waals surface area (Å²) in [4.78, 5) is 12.0. The molecule has 1 N–H and O–H groups in total. The Kier molecular flexibility index (Phi) is 4.10. The predicted molar refractivity (Wildman–Crippen MR) is 85.8 cm³/mol. The van der Waals surface area contributed by atoms with Gasteiger partial charge in [0.25, 0.3) is 0 Å². The van der Waals surface area contributed by atoms with E-state index in [2.05, 4.69) is 5.10 Å². The SMILES string of the molecule is COC(=O)c1cnn(-c2ccccc2)c1Cc1cccc(O)c1. The molecule has 0 amide bonds. The molecule has 0 radical (unpaired) electrons. The van der Waals surface area contributed by atoms with Crippen molar-refractivity contribution in [3.8, 4) is 11.4 Å². The molecule has 0 saturated heterocycles. The van der Waals surface area contributed by atoms with Crippen LogP contribution in [0.4, 0.5) is 0 Å². The lowest BCUT2D eigenvalue weighted by molar-refractivity contribution is 0.0599. The number of hydrogen-bond donors (Lipinski definition) is 1. The highest BCUT2D eigenvalue weighted by Crippen LogP contribution is 2.21. The summed E-state index contributed by atoms with van der Waals surface area (Å²) in [6, 6.07) is 16.5. The Labute approximate surface area is 133 Å². The summed E-state index contributed by atoms with van der Waals surface area (Å²) in [5.74, 6) is -0.241. The zero-order valence-corrected chi connectivity index (χ0v) is 12.6. The molecule has 116 valence electrons. The number of methoxy groups -OCH3 is 1. The Morgan fingerprint density at radius 1 is 1.17 bits per heavy atom. The van der Waals surface area contributed by atoms with E-state index in [1.54, 1.807) is 22.9 Å². The lowest BCUT2D eigenvalue weighted by Crippen LogP contribution is -2.09. The van der Waals surface area contributed by atoms with Crippen molar-refractivity contribution < 1.29 is 14.6 Å². The van der Waals surface area contributed by atoms with Crippen molar-refractivity contribution in [1.29, 1.82) is 0 Å². The van der Waals surface area contributed by atoms with Gasteiger partial charge in [-0.05, 0) is 29.8 Å². The van der Waals surface area contributed by atoms with E-state index in [0.717, 1.165) is 11.3 Å². The summed E-state index contributed by atoms with van der Waals surface area (Å²) >= 11 is 0. The third-order valence-corrected chi connectivity index (χ3v) is 3.56. The summed E-state index contributed by atoms with van der Waals surface area (Å²) in [5, 5.41) is 14.0. The minimum Gasteiger partial charge on any atom is -0.508 e. The van der Waals surface area contributed by atoms with E-state index < -0.39 is 5.97 Å². The molecule has 2 aromatic carbocycles. The lowest BCUT2D eigenvalue weighted by atomic mass is 10.1. The van der Waals surface area contributed by atoms with Gasteiger partial charge in [-0.25, -0.2) is 9.48 Å². The van der Waals surface area contributed by atoms with Crippen LogP contribution in [0.5, 0.6) is 5.75 Å². The topological polar surface area (TPSA) is 64.3 Å². The fraction of sp³-hybridized carbons (Fsp3) is 0.111. The number of esters is 1. The van der Waals surface area contributed by atoms with Gasteiger partial charge in [0.05, 0.1) is 24.7 Å². The van der Waals surface area contributed by atoms with Gasteiger partial charge < -0.3 is 9.84 Å². The highest BCUT2D eigenvalue weighted by Gasteiger charge is 2.19. The highest BCUT2D eigenvalue weighted by atomic mass is 16.5. The monoisotopic (exact) mass is 308 g/mol. The second-order valence-corrected chi connectivity index (χ2v) is 5.09. The first kappa shape index (κ1) is 14.8. The van der Waals surface area contributed by atoms with Gasteiger partial charge in [0, 0.05) is 6.42 Å². The van der Waals surface area contributed by atoms with E-state index in [1.807, 2.05) is 36.4 Å². The molecule has 0 spiro atoms. The first-order valence-electron chi connectivity index (χ1n) is 7.17. The molecule has 3 rings (SSSR count).